The minimum absolute atomic E-state index is 0.203. The molecular formula is C28H34N2O8. The van der Waals surface area contributed by atoms with E-state index in [2.05, 4.69) is 5.32 Å². The van der Waals surface area contributed by atoms with Crippen molar-refractivity contribution in [1.82, 2.24) is 10.2 Å². The van der Waals surface area contributed by atoms with E-state index in [9.17, 15) is 19.2 Å². The molecule has 1 aliphatic rings. The van der Waals surface area contributed by atoms with Crippen LogP contribution in [0.1, 0.15) is 49.5 Å². The summed E-state index contributed by atoms with van der Waals surface area (Å²) >= 11 is 0. The summed E-state index contributed by atoms with van der Waals surface area (Å²) in [6, 6.07) is 15.7. The van der Waals surface area contributed by atoms with Gasteiger partial charge in [-0.2, -0.15) is 0 Å². The van der Waals surface area contributed by atoms with Crippen molar-refractivity contribution in [3.63, 3.8) is 0 Å². The number of ketones is 1. The number of hydrogen-bond acceptors (Lipinski definition) is 8. The summed E-state index contributed by atoms with van der Waals surface area (Å²) in [7, 11) is 0. The van der Waals surface area contributed by atoms with Crippen LogP contribution in [-0.4, -0.2) is 66.8 Å². The van der Waals surface area contributed by atoms with E-state index < -0.39 is 17.7 Å². The molecular weight excluding hydrogens is 492 g/mol. The number of carbonyl (C=O) groups is 4. The zero-order valence-corrected chi connectivity index (χ0v) is 21.9. The largest absolute Gasteiger partial charge is 0.482 e. The van der Waals surface area contributed by atoms with E-state index in [1.54, 1.807) is 49.9 Å². The molecule has 2 aromatic carbocycles. The lowest BCUT2D eigenvalue weighted by atomic mass is 10.1. The zero-order chi connectivity index (χ0) is 27.5. The van der Waals surface area contributed by atoms with Crippen LogP contribution in [0, 0.1) is 0 Å². The Labute approximate surface area is 222 Å². The predicted molar refractivity (Wildman–Crippen MR) is 138 cm³/mol. The van der Waals surface area contributed by atoms with Gasteiger partial charge in [-0.05, 0) is 50.6 Å². The molecule has 0 saturated carbocycles. The summed E-state index contributed by atoms with van der Waals surface area (Å²) in [6.45, 7) is 5.80. The van der Waals surface area contributed by atoms with Gasteiger partial charge in [-0.15, -0.1) is 0 Å². The Hall–Kier alpha value is -4.08. The quantitative estimate of drug-likeness (QED) is 0.294. The lowest BCUT2D eigenvalue weighted by Gasteiger charge is -2.31. The smallest absolute Gasteiger partial charge is 0.410 e. The van der Waals surface area contributed by atoms with Gasteiger partial charge in [0.05, 0.1) is 6.54 Å². The van der Waals surface area contributed by atoms with Gasteiger partial charge in [-0.3, -0.25) is 4.79 Å². The Morgan fingerprint density at radius 1 is 0.947 bits per heavy atom. The number of amides is 2. The van der Waals surface area contributed by atoms with E-state index in [-0.39, 0.29) is 37.7 Å². The van der Waals surface area contributed by atoms with Crippen molar-refractivity contribution < 1.29 is 38.1 Å². The summed E-state index contributed by atoms with van der Waals surface area (Å²) in [5.74, 6) is -0.413. The average molecular weight is 527 g/mol. The van der Waals surface area contributed by atoms with Gasteiger partial charge in [0.25, 0.3) is 0 Å². The Morgan fingerprint density at radius 3 is 2.24 bits per heavy atom. The van der Waals surface area contributed by atoms with Crippen molar-refractivity contribution >= 4 is 23.9 Å². The molecule has 2 aromatic rings. The number of nitrogens with zero attached hydrogens (tertiary/aromatic N) is 1. The van der Waals surface area contributed by atoms with Crippen LogP contribution in [0.15, 0.2) is 54.6 Å². The third-order valence-electron chi connectivity index (χ3n) is 5.53. The lowest BCUT2D eigenvalue weighted by molar-refractivity contribution is -0.153. The summed E-state index contributed by atoms with van der Waals surface area (Å²) in [5, 5.41) is 2.42. The number of benzene rings is 2. The maximum Gasteiger partial charge on any atom is 0.410 e. The number of esters is 1. The van der Waals surface area contributed by atoms with Crippen LogP contribution in [0.3, 0.4) is 0 Å². The molecule has 0 radical (unpaired) electrons. The summed E-state index contributed by atoms with van der Waals surface area (Å²) in [5.41, 5.74) is 0.646. The molecule has 1 N–H and O–H groups in total. The van der Waals surface area contributed by atoms with Crippen molar-refractivity contribution in [2.24, 2.45) is 0 Å². The fraction of sp³-hybridized carbons (Fsp3) is 0.429. The number of ether oxygens (including phenoxy) is 4. The molecule has 0 aliphatic carbocycles. The third kappa shape index (κ3) is 9.76. The topological polar surface area (TPSA) is 120 Å². The number of rotatable bonds is 9. The maximum atomic E-state index is 12.3. The normalized spacial score (nSPS) is 13.8. The average Bonchev–Trinajstić information content (AvgIpc) is 2.89. The van der Waals surface area contributed by atoms with Crippen LogP contribution in [0.2, 0.25) is 0 Å². The van der Waals surface area contributed by atoms with Crippen molar-refractivity contribution in [3.05, 3.63) is 65.7 Å². The minimum Gasteiger partial charge on any atom is -0.482 e. The van der Waals surface area contributed by atoms with Gasteiger partial charge in [0.2, 0.25) is 0 Å². The number of Topliss-reactive ketones (excluding diaryl/α,β-unsaturated/α-hetero) is 1. The highest BCUT2D eigenvalue weighted by Gasteiger charge is 2.26. The summed E-state index contributed by atoms with van der Waals surface area (Å²) in [6.07, 6.45) is -0.329. The van der Waals surface area contributed by atoms with Gasteiger partial charge in [-0.25, -0.2) is 14.4 Å². The number of alkyl carbamates (subject to hydrolysis) is 1. The SMILES string of the molecule is CC(C)(C)OC(=O)NCC(=O)c1ccc(OCC(=O)OC2CCN(C(=O)OCc3ccccc3)CC2)cc1. The van der Waals surface area contributed by atoms with E-state index in [0.29, 0.717) is 37.2 Å². The van der Waals surface area contributed by atoms with E-state index in [1.165, 1.54) is 0 Å². The van der Waals surface area contributed by atoms with E-state index in [4.69, 9.17) is 18.9 Å². The Bertz CT molecular complexity index is 1090. The standard InChI is InChI=1S/C28H34N2O8/c1-28(2,3)38-26(33)29-17-24(31)21-9-11-22(12-10-21)35-19-25(32)37-23-13-15-30(16-14-23)27(34)36-18-20-7-5-4-6-8-20/h4-12,23H,13-19H2,1-3H3,(H,29,33). The second-order valence-electron chi connectivity index (χ2n) is 9.81. The van der Waals surface area contributed by atoms with Gasteiger partial charge in [-0.1, -0.05) is 30.3 Å². The van der Waals surface area contributed by atoms with Gasteiger partial charge in [0, 0.05) is 31.5 Å². The fourth-order valence-electron chi connectivity index (χ4n) is 3.63. The first-order valence-electron chi connectivity index (χ1n) is 12.5. The summed E-state index contributed by atoms with van der Waals surface area (Å²) in [4.78, 5) is 50.1. The van der Waals surface area contributed by atoms with Crippen LogP contribution in [0.4, 0.5) is 9.59 Å². The first-order chi connectivity index (χ1) is 18.1. The molecule has 0 aromatic heterocycles. The fourth-order valence-corrected chi connectivity index (χ4v) is 3.63. The van der Waals surface area contributed by atoms with Gasteiger partial charge in [0.15, 0.2) is 12.4 Å². The number of likely N-dealkylation sites (tertiary alicyclic amines) is 1. The molecule has 0 spiro atoms. The van der Waals surface area contributed by atoms with Crippen LogP contribution >= 0.6 is 0 Å². The van der Waals surface area contributed by atoms with Crippen LogP contribution in [0.25, 0.3) is 0 Å². The molecule has 1 aliphatic heterocycles. The minimum atomic E-state index is -0.669. The monoisotopic (exact) mass is 526 g/mol. The highest BCUT2D eigenvalue weighted by Crippen LogP contribution is 2.17. The third-order valence-corrected chi connectivity index (χ3v) is 5.53. The molecule has 0 unspecified atom stereocenters. The van der Waals surface area contributed by atoms with Crippen LogP contribution in [-0.2, 0) is 25.6 Å². The first-order valence-corrected chi connectivity index (χ1v) is 12.5. The van der Waals surface area contributed by atoms with E-state index in [0.717, 1.165) is 5.56 Å². The first kappa shape index (κ1) is 28.5. The zero-order valence-electron chi connectivity index (χ0n) is 21.9. The van der Waals surface area contributed by atoms with E-state index >= 15 is 0 Å². The van der Waals surface area contributed by atoms with Crippen molar-refractivity contribution in [1.29, 1.82) is 0 Å². The number of nitrogens with one attached hydrogen (secondary N) is 1. The molecule has 3 rings (SSSR count). The highest BCUT2D eigenvalue weighted by molar-refractivity contribution is 5.99. The predicted octanol–water partition coefficient (Wildman–Crippen LogP) is 4.12. The van der Waals surface area contributed by atoms with Crippen LogP contribution in [0.5, 0.6) is 5.75 Å². The maximum absolute atomic E-state index is 12.3. The highest BCUT2D eigenvalue weighted by atomic mass is 16.6. The molecule has 0 bridgehead atoms. The number of hydrogen-bond donors (Lipinski definition) is 1. The molecule has 0 atom stereocenters. The van der Waals surface area contributed by atoms with Gasteiger partial charge in [0.1, 0.15) is 24.1 Å². The molecule has 1 fully saturated rings. The van der Waals surface area contributed by atoms with Crippen molar-refractivity contribution in [3.8, 4) is 5.75 Å². The number of piperidine rings is 1. The van der Waals surface area contributed by atoms with Crippen molar-refractivity contribution in [2.45, 2.75) is 51.9 Å². The molecule has 204 valence electrons. The molecule has 10 heteroatoms. The Morgan fingerprint density at radius 2 is 1.61 bits per heavy atom. The molecule has 2 amide bonds. The van der Waals surface area contributed by atoms with Crippen molar-refractivity contribution in [2.75, 3.05) is 26.2 Å². The van der Waals surface area contributed by atoms with E-state index in [1.807, 2.05) is 30.3 Å². The Kier molecular flexibility index (Phi) is 10.1. The Balaban J connectivity index is 1.33. The second kappa shape index (κ2) is 13.5. The summed E-state index contributed by atoms with van der Waals surface area (Å²) < 4.78 is 21.4. The van der Waals surface area contributed by atoms with Crippen LogP contribution < -0.4 is 10.1 Å². The molecule has 1 saturated heterocycles. The van der Waals surface area contributed by atoms with Gasteiger partial charge < -0.3 is 29.2 Å². The van der Waals surface area contributed by atoms with Gasteiger partial charge >= 0.3 is 18.2 Å². The molecule has 10 nitrogen and oxygen atoms in total. The lowest BCUT2D eigenvalue weighted by Crippen LogP contribution is -2.42. The molecule has 38 heavy (non-hydrogen) atoms. The number of carbonyl (C=O) groups excluding carboxylic acids is 4. The second-order valence-corrected chi connectivity index (χ2v) is 9.81. The molecule has 1 heterocycles.